The Morgan fingerprint density at radius 2 is 2.00 bits per heavy atom. The number of amides is 2. The quantitative estimate of drug-likeness (QED) is 0.489. The van der Waals surface area contributed by atoms with Gasteiger partial charge in [0.15, 0.2) is 15.7 Å². The highest BCUT2D eigenvalue weighted by molar-refractivity contribution is 7.90. The SMILES string of the molecule is COc1ccc(S(C)(=O)=O)c(CC(=O)Nc2cc([C@H]3CCC(COC(=O)NC(C)C)C3)[nH]n2)c1. The van der Waals surface area contributed by atoms with Crippen molar-refractivity contribution in [2.24, 2.45) is 5.92 Å². The van der Waals surface area contributed by atoms with Gasteiger partial charge in [0.05, 0.1) is 25.0 Å². The van der Waals surface area contributed by atoms with Crippen LogP contribution in [0.25, 0.3) is 0 Å². The molecule has 0 bridgehead atoms. The van der Waals surface area contributed by atoms with Crippen molar-refractivity contribution >= 4 is 27.7 Å². The van der Waals surface area contributed by atoms with Crippen molar-refractivity contribution < 1.29 is 27.5 Å². The monoisotopic (exact) mass is 492 g/mol. The third kappa shape index (κ3) is 6.96. The lowest BCUT2D eigenvalue weighted by Crippen LogP contribution is -2.31. The second-order valence-electron chi connectivity index (χ2n) is 8.95. The Morgan fingerprint density at radius 3 is 2.68 bits per heavy atom. The molecule has 10 nitrogen and oxygen atoms in total. The van der Waals surface area contributed by atoms with Crippen molar-refractivity contribution in [1.29, 1.82) is 0 Å². The molecule has 0 aliphatic heterocycles. The van der Waals surface area contributed by atoms with Crippen LogP contribution in [0.1, 0.15) is 50.3 Å². The van der Waals surface area contributed by atoms with Crippen LogP contribution in [0.4, 0.5) is 10.6 Å². The maximum Gasteiger partial charge on any atom is 0.407 e. The van der Waals surface area contributed by atoms with E-state index in [0.29, 0.717) is 23.7 Å². The number of carbonyl (C=O) groups is 2. The van der Waals surface area contributed by atoms with Gasteiger partial charge in [-0.25, -0.2) is 13.2 Å². The zero-order valence-corrected chi connectivity index (χ0v) is 20.7. The fourth-order valence-corrected chi connectivity index (χ4v) is 5.05. The number of alkyl carbamates (subject to hydrolysis) is 1. The minimum atomic E-state index is -3.50. The number of aromatic amines is 1. The number of nitrogens with one attached hydrogen (secondary N) is 3. The summed E-state index contributed by atoms with van der Waals surface area (Å²) < 4.78 is 34.6. The average molecular weight is 493 g/mol. The Bertz CT molecular complexity index is 1130. The number of sulfone groups is 1. The van der Waals surface area contributed by atoms with E-state index in [-0.39, 0.29) is 35.1 Å². The summed E-state index contributed by atoms with van der Waals surface area (Å²) >= 11 is 0. The molecule has 1 saturated carbocycles. The van der Waals surface area contributed by atoms with Crippen molar-refractivity contribution in [3.05, 3.63) is 35.5 Å². The van der Waals surface area contributed by atoms with Crippen LogP contribution in [-0.4, -0.2) is 56.6 Å². The Labute approximate surface area is 199 Å². The summed E-state index contributed by atoms with van der Waals surface area (Å²) in [4.78, 5) is 24.4. The second-order valence-corrected chi connectivity index (χ2v) is 10.9. The number of ether oxygens (including phenoxy) is 2. The topological polar surface area (TPSA) is 139 Å². The highest BCUT2D eigenvalue weighted by Gasteiger charge is 2.28. The van der Waals surface area contributed by atoms with Gasteiger partial charge in [-0.2, -0.15) is 5.10 Å². The summed E-state index contributed by atoms with van der Waals surface area (Å²) in [6, 6.07) is 6.36. The second kappa shape index (κ2) is 10.9. The van der Waals surface area contributed by atoms with Gasteiger partial charge >= 0.3 is 6.09 Å². The van der Waals surface area contributed by atoms with Crippen LogP contribution < -0.4 is 15.4 Å². The van der Waals surface area contributed by atoms with Gasteiger partial charge < -0.3 is 20.1 Å². The van der Waals surface area contributed by atoms with E-state index in [1.54, 1.807) is 18.2 Å². The van der Waals surface area contributed by atoms with Gasteiger partial charge in [0.2, 0.25) is 5.91 Å². The van der Waals surface area contributed by atoms with Gasteiger partial charge in [0.1, 0.15) is 5.75 Å². The smallest absolute Gasteiger partial charge is 0.407 e. The number of H-pyrrole nitrogens is 1. The van der Waals surface area contributed by atoms with E-state index < -0.39 is 15.9 Å². The molecular formula is C23H32N4O6S. The maximum absolute atomic E-state index is 12.6. The number of carbonyl (C=O) groups excluding carboxylic acids is 2. The number of hydrogen-bond donors (Lipinski definition) is 3. The molecule has 2 aromatic rings. The third-order valence-corrected chi connectivity index (χ3v) is 6.92. The van der Waals surface area contributed by atoms with Crippen LogP contribution >= 0.6 is 0 Å². The molecule has 1 fully saturated rings. The van der Waals surface area contributed by atoms with Crippen molar-refractivity contribution in [2.45, 2.75) is 56.4 Å². The molecule has 0 radical (unpaired) electrons. The predicted octanol–water partition coefficient (Wildman–Crippen LogP) is 3.02. The minimum Gasteiger partial charge on any atom is -0.497 e. The minimum absolute atomic E-state index is 0.0318. The van der Waals surface area contributed by atoms with E-state index in [1.807, 2.05) is 13.8 Å². The van der Waals surface area contributed by atoms with Gasteiger partial charge in [-0.15, -0.1) is 0 Å². The van der Waals surface area contributed by atoms with Gasteiger partial charge in [-0.3, -0.25) is 9.89 Å². The number of rotatable bonds is 9. The summed E-state index contributed by atoms with van der Waals surface area (Å²) in [6.45, 7) is 4.13. The lowest BCUT2D eigenvalue weighted by Gasteiger charge is -2.13. The van der Waals surface area contributed by atoms with Gasteiger partial charge in [0.25, 0.3) is 0 Å². The zero-order chi connectivity index (χ0) is 24.9. The normalized spacial score (nSPS) is 18.0. The molecule has 0 saturated heterocycles. The molecule has 186 valence electrons. The highest BCUT2D eigenvalue weighted by atomic mass is 32.2. The van der Waals surface area contributed by atoms with Gasteiger partial charge in [-0.1, -0.05) is 0 Å². The number of anilines is 1. The van der Waals surface area contributed by atoms with Crippen LogP contribution in [-0.2, 0) is 25.8 Å². The summed E-state index contributed by atoms with van der Waals surface area (Å²) in [5.41, 5.74) is 1.26. The first-order valence-electron chi connectivity index (χ1n) is 11.2. The zero-order valence-electron chi connectivity index (χ0n) is 19.9. The Kier molecular flexibility index (Phi) is 8.19. The number of nitrogens with zero attached hydrogens (tertiary/aromatic N) is 1. The predicted molar refractivity (Wildman–Crippen MR) is 127 cm³/mol. The number of aromatic nitrogens is 2. The first kappa shape index (κ1) is 25.5. The van der Waals surface area contributed by atoms with E-state index in [9.17, 15) is 18.0 Å². The molecule has 0 spiro atoms. The molecule has 2 amide bonds. The van der Waals surface area contributed by atoms with E-state index in [1.165, 1.54) is 13.2 Å². The summed E-state index contributed by atoms with van der Waals surface area (Å²) in [6.07, 6.45) is 3.28. The summed E-state index contributed by atoms with van der Waals surface area (Å²) in [7, 11) is -2.02. The molecule has 3 rings (SSSR count). The molecule has 1 aromatic carbocycles. The van der Waals surface area contributed by atoms with E-state index >= 15 is 0 Å². The van der Waals surface area contributed by atoms with Gasteiger partial charge in [0, 0.05) is 30.0 Å². The van der Waals surface area contributed by atoms with Crippen LogP contribution in [0.5, 0.6) is 5.75 Å². The molecule has 3 N–H and O–H groups in total. The molecule has 1 aliphatic carbocycles. The summed E-state index contributed by atoms with van der Waals surface area (Å²) in [5.74, 6) is 0.963. The van der Waals surface area contributed by atoms with Crippen LogP contribution in [0, 0.1) is 5.92 Å². The first-order valence-corrected chi connectivity index (χ1v) is 13.1. The van der Waals surface area contributed by atoms with Crippen LogP contribution in [0.3, 0.4) is 0 Å². The Balaban J connectivity index is 1.56. The van der Waals surface area contributed by atoms with Crippen LogP contribution in [0.2, 0.25) is 0 Å². The molecule has 1 unspecified atom stereocenters. The molecule has 11 heteroatoms. The third-order valence-electron chi connectivity index (χ3n) is 5.72. The van der Waals surface area contributed by atoms with Crippen molar-refractivity contribution in [3.8, 4) is 5.75 Å². The average Bonchev–Trinajstić information content (AvgIpc) is 3.40. The fourth-order valence-electron chi connectivity index (χ4n) is 4.13. The fraction of sp³-hybridized carbons (Fsp3) is 0.522. The number of methoxy groups -OCH3 is 1. The number of hydrogen-bond acceptors (Lipinski definition) is 7. The molecule has 2 atom stereocenters. The van der Waals surface area contributed by atoms with Crippen LogP contribution in [0.15, 0.2) is 29.2 Å². The molecule has 1 aliphatic rings. The standard InChI is InChI=1S/C23H32N4O6S/c1-14(2)24-23(29)33-13-15-5-6-16(9-15)19-12-21(27-26-19)25-22(28)11-17-10-18(32-3)7-8-20(17)34(4,30)31/h7-8,10,12,14-16H,5-6,9,11,13H2,1-4H3,(H,24,29)(H2,25,26,27,28)/t15?,16-/m0/s1. The molecule has 1 heterocycles. The summed E-state index contributed by atoms with van der Waals surface area (Å²) in [5, 5.41) is 12.6. The van der Waals surface area contributed by atoms with E-state index in [0.717, 1.165) is 31.2 Å². The maximum atomic E-state index is 12.6. The van der Waals surface area contributed by atoms with Crippen molar-refractivity contribution in [1.82, 2.24) is 15.5 Å². The number of benzene rings is 1. The Morgan fingerprint density at radius 1 is 1.24 bits per heavy atom. The largest absolute Gasteiger partial charge is 0.497 e. The first-order chi connectivity index (χ1) is 16.0. The van der Waals surface area contributed by atoms with Crippen molar-refractivity contribution in [2.75, 3.05) is 25.3 Å². The van der Waals surface area contributed by atoms with Gasteiger partial charge in [-0.05, 0) is 62.8 Å². The molecule has 1 aromatic heterocycles. The Hall–Kier alpha value is -3.08. The molecular weight excluding hydrogens is 460 g/mol. The molecule has 34 heavy (non-hydrogen) atoms. The van der Waals surface area contributed by atoms with E-state index in [4.69, 9.17) is 9.47 Å². The van der Waals surface area contributed by atoms with E-state index in [2.05, 4.69) is 20.8 Å². The lowest BCUT2D eigenvalue weighted by atomic mass is 10.0. The highest BCUT2D eigenvalue weighted by Crippen LogP contribution is 2.38. The lowest BCUT2D eigenvalue weighted by molar-refractivity contribution is -0.115. The van der Waals surface area contributed by atoms with Crippen molar-refractivity contribution in [3.63, 3.8) is 0 Å².